The van der Waals surface area contributed by atoms with Crippen LogP contribution in [0.3, 0.4) is 0 Å². The van der Waals surface area contributed by atoms with Gasteiger partial charge in [-0.15, -0.1) is 11.5 Å². The number of halogens is 1. The van der Waals surface area contributed by atoms with Gasteiger partial charge in [0.15, 0.2) is 0 Å². The van der Waals surface area contributed by atoms with Gasteiger partial charge in [-0.05, 0) is 11.1 Å². The van der Waals surface area contributed by atoms with E-state index in [0.29, 0.717) is 24.2 Å². The van der Waals surface area contributed by atoms with E-state index in [0.717, 1.165) is 0 Å². The number of aliphatic imine (C=N–C) groups is 2. The molecule has 0 amide bonds. The summed E-state index contributed by atoms with van der Waals surface area (Å²) < 4.78 is 0. The van der Waals surface area contributed by atoms with Crippen LogP contribution >= 0.6 is 0 Å². The number of para-hydroxylation sites is 2. The van der Waals surface area contributed by atoms with Crippen molar-refractivity contribution in [3.05, 3.63) is 59.7 Å². The van der Waals surface area contributed by atoms with E-state index in [9.17, 15) is 10.2 Å². The van der Waals surface area contributed by atoms with Crippen LogP contribution in [0.2, 0.25) is 0 Å². The Bertz CT molecular complexity index is 578. The number of hydrogen-bond donors (Lipinski definition) is 0. The largest absolute Gasteiger partial charge is 3.00 e. The van der Waals surface area contributed by atoms with Crippen molar-refractivity contribution >= 4 is 12.4 Å². The number of benzene rings is 2. The van der Waals surface area contributed by atoms with Crippen molar-refractivity contribution in [3.63, 3.8) is 0 Å². The Morgan fingerprint density at radius 2 is 1.09 bits per heavy atom. The molecule has 2 rings (SSSR count). The third-order valence-electron chi connectivity index (χ3n) is 2.66. The summed E-state index contributed by atoms with van der Waals surface area (Å²) in [5.74, 6) is -0.0833. The Labute approximate surface area is 148 Å². The van der Waals surface area contributed by atoms with E-state index in [2.05, 4.69) is 9.98 Å². The van der Waals surface area contributed by atoms with Gasteiger partial charge in [-0.1, -0.05) is 48.5 Å². The van der Waals surface area contributed by atoms with E-state index in [4.69, 9.17) is 0 Å². The molecular formula is C16H14ClN2O2Ru. The van der Waals surface area contributed by atoms with E-state index < -0.39 is 0 Å². The van der Waals surface area contributed by atoms with E-state index in [-0.39, 0.29) is 43.4 Å². The Balaban J connectivity index is 0.00000220. The minimum atomic E-state index is -0.0416. The van der Waals surface area contributed by atoms with Crippen molar-refractivity contribution < 1.29 is 42.1 Å². The maximum atomic E-state index is 11.4. The van der Waals surface area contributed by atoms with E-state index in [1.807, 2.05) is 0 Å². The van der Waals surface area contributed by atoms with Crippen LogP contribution in [-0.4, -0.2) is 25.5 Å². The molecule has 0 bridgehead atoms. The van der Waals surface area contributed by atoms with Crippen LogP contribution in [0.4, 0.5) is 0 Å². The maximum Gasteiger partial charge on any atom is 3.00 e. The fraction of sp³-hybridized carbons (Fsp3) is 0.125. The van der Waals surface area contributed by atoms with Crippen molar-refractivity contribution in [1.82, 2.24) is 0 Å². The summed E-state index contributed by atoms with van der Waals surface area (Å²) in [7, 11) is 0. The van der Waals surface area contributed by atoms with Crippen molar-refractivity contribution in [2.75, 3.05) is 13.1 Å². The van der Waals surface area contributed by atoms with Crippen LogP contribution in [0.25, 0.3) is 0 Å². The normalized spacial score (nSPS) is 10.4. The minimum absolute atomic E-state index is 0. The third kappa shape index (κ3) is 6.38. The molecule has 0 fully saturated rings. The fourth-order valence-corrected chi connectivity index (χ4v) is 1.62. The summed E-state index contributed by atoms with van der Waals surface area (Å²) in [5, 5.41) is 22.8. The van der Waals surface area contributed by atoms with E-state index in [1.54, 1.807) is 48.8 Å². The van der Waals surface area contributed by atoms with Crippen LogP contribution in [0.5, 0.6) is 11.5 Å². The molecule has 0 aliphatic rings. The van der Waals surface area contributed by atoms with Gasteiger partial charge in [0, 0.05) is 12.4 Å². The van der Waals surface area contributed by atoms with Gasteiger partial charge in [0.05, 0.1) is 13.1 Å². The molecule has 0 heterocycles. The molecule has 0 atom stereocenters. The molecule has 0 N–H and O–H groups in total. The Morgan fingerprint density at radius 3 is 1.45 bits per heavy atom. The van der Waals surface area contributed by atoms with Crippen molar-refractivity contribution in [2.45, 2.75) is 0 Å². The first-order chi connectivity index (χ1) is 9.77. The molecule has 0 spiro atoms. The van der Waals surface area contributed by atoms with Gasteiger partial charge >= 0.3 is 19.5 Å². The van der Waals surface area contributed by atoms with Crippen LogP contribution in [0.15, 0.2) is 58.5 Å². The number of rotatable bonds is 5. The number of hydrogen-bond acceptors (Lipinski definition) is 4. The fourth-order valence-electron chi connectivity index (χ4n) is 1.62. The van der Waals surface area contributed by atoms with Gasteiger partial charge in [0.25, 0.3) is 0 Å². The van der Waals surface area contributed by atoms with E-state index in [1.165, 1.54) is 12.1 Å². The zero-order valence-corrected chi connectivity index (χ0v) is 14.1. The smallest absolute Gasteiger partial charge is 1.00 e. The molecule has 22 heavy (non-hydrogen) atoms. The first-order valence-corrected chi connectivity index (χ1v) is 6.29. The molecule has 0 saturated heterocycles. The maximum absolute atomic E-state index is 11.4. The molecule has 1 radical (unpaired) electrons. The first kappa shape index (κ1) is 20.3. The molecule has 0 aliphatic heterocycles. The summed E-state index contributed by atoms with van der Waals surface area (Å²) in [5.41, 5.74) is 1.14. The average molecular weight is 403 g/mol. The zero-order chi connectivity index (χ0) is 14.2. The standard InChI is InChI=1S/C16H16N2O2.ClH.Ru/c19-15-7-3-1-5-13(15)11-17-9-10-18-12-14-6-2-4-8-16(14)20;;/h1-8,11-12,19-20H,9-10H2;1H;/q;;+3/p-3. The second-order valence-corrected chi connectivity index (χ2v) is 4.15. The predicted molar refractivity (Wildman–Crippen MR) is 76.7 cm³/mol. The van der Waals surface area contributed by atoms with Crippen LogP contribution < -0.4 is 22.6 Å². The average Bonchev–Trinajstić information content (AvgIpc) is 2.46. The predicted octanol–water partition coefficient (Wildman–Crippen LogP) is -1.63. The molecule has 0 unspecified atom stereocenters. The Kier molecular flexibility index (Phi) is 10.1. The van der Waals surface area contributed by atoms with Crippen LogP contribution in [-0.2, 0) is 19.5 Å². The topological polar surface area (TPSA) is 70.8 Å². The van der Waals surface area contributed by atoms with E-state index >= 15 is 0 Å². The second kappa shape index (κ2) is 10.9. The van der Waals surface area contributed by atoms with Crippen molar-refractivity contribution in [1.29, 1.82) is 0 Å². The molecule has 0 aliphatic carbocycles. The first-order valence-electron chi connectivity index (χ1n) is 6.29. The summed E-state index contributed by atoms with van der Waals surface area (Å²) >= 11 is 0. The minimum Gasteiger partial charge on any atom is -1.00 e. The molecule has 4 nitrogen and oxygen atoms in total. The molecule has 2 aromatic rings. The number of nitrogens with zero attached hydrogens (tertiary/aromatic N) is 2. The summed E-state index contributed by atoms with van der Waals surface area (Å²) in [6.07, 6.45) is 3.11. The van der Waals surface area contributed by atoms with Gasteiger partial charge in [-0.3, -0.25) is 9.98 Å². The van der Waals surface area contributed by atoms with Gasteiger partial charge in [0.1, 0.15) is 0 Å². The molecule has 0 aromatic heterocycles. The summed E-state index contributed by atoms with van der Waals surface area (Å²) in [4.78, 5) is 8.28. The van der Waals surface area contributed by atoms with Crippen LogP contribution in [0.1, 0.15) is 11.1 Å². The zero-order valence-electron chi connectivity index (χ0n) is 11.6. The Hall–Kier alpha value is -1.71. The van der Waals surface area contributed by atoms with Crippen molar-refractivity contribution in [3.8, 4) is 11.5 Å². The van der Waals surface area contributed by atoms with Gasteiger partial charge in [-0.25, -0.2) is 0 Å². The van der Waals surface area contributed by atoms with Crippen molar-refractivity contribution in [2.24, 2.45) is 9.98 Å². The monoisotopic (exact) mass is 403 g/mol. The molecule has 2 aromatic carbocycles. The van der Waals surface area contributed by atoms with Gasteiger partial charge in [0.2, 0.25) is 0 Å². The summed E-state index contributed by atoms with van der Waals surface area (Å²) in [6, 6.07) is 13.5. The Morgan fingerprint density at radius 1 is 0.727 bits per heavy atom. The SMILES string of the molecule is [Cl-].[O-]c1ccccc1C=NCCN=Cc1ccccc1[O-].[Ru+3]. The summed E-state index contributed by atoms with van der Waals surface area (Å²) in [6.45, 7) is 0.956. The van der Waals surface area contributed by atoms with Gasteiger partial charge < -0.3 is 22.6 Å². The van der Waals surface area contributed by atoms with Crippen LogP contribution in [0, 0.1) is 0 Å². The van der Waals surface area contributed by atoms with Gasteiger partial charge in [-0.2, -0.15) is 0 Å². The molecule has 0 saturated carbocycles. The second-order valence-electron chi connectivity index (χ2n) is 4.15. The quantitative estimate of drug-likeness (QED) is 0.342. The molecule has 115 valence electrons. The molecular weight excluding hydrogens is 389 g/mol. The molecule has 6 heteroatoms. The third-order valence-corrected chi connectivity index (χ3v) is 2.66.